The summed E-state index contributed by atoms with van der Waals surface area (Å²) in [6.45, 7) is 2.24. The summed E-state index contributed by atoms with van der Waals surface area (Å²) in [7, 11) is 1.76. The zero-order chi connectivity index (χ0) is 19.0. The minimum atomic E-state index is -0.151. The lowest BCUT2D eigenvalue weighted by atomic mass is 10.2. The number of amides is 1. The number of halogens is 1. The first-order valence-corrected chi connectivity index (χ1v) is 9.48. The summed E-state index contributed by atoms with van der Waals surface area (Å²) in [4.78, 5) is 23.9. The van der Waals surface area contributed by atoms with Crippen LogP contribution >= 0.6 is 22.9 Å². The fourth-order valence-electron chi connectivity index (χ4n) is 2.88. The van der Waals surface area contributed by atoms with Gasteiger partial charge in [0.15, 0.2) is 5.13 Å². The van der Waals surface area contributed by atoms with Crippen molar-refractivity contribution in [3.63, 3.8) is 0 Å². The van der Waals surface area contributed by atoms with Crippen molar-refractivity contribution in [1.29, 1.82) is 0 Å². The van der Waals surface area contributed by atoms with Crippen molar-refractivity contribution in [2.45, 2.75) is 13.5 Å². The second-order valence-corrected chi connectivity index (χ2v) is 7.61. The van der Waals surface area contributed by atoms with E-state index in [0.29, 0.717) is 22.4 Å². The van der Waals surface area contributed by atoms with Gasteiger partial charge in [0, 0.05) is 24.5 Å². The van der Waals surface area contributed by atoms with Crippen LogP contribution in [-0.4, -0.2) is 25.7 Å². The number of carbonyl (C=O) groups is 1. The molecule has 136 valence electrons. The Kier molecular flexibility index (Phi) is 4.63. The fourth-order valence-corrected chi connectivity index (χ4v) is 4.12. The lowest BCUT2D eigenvalue weighted by Crippen LogP contribution is -2.32. The fraction of sp³-hybridized carbons (Fsp3) is 0.158. The van der Waals surface area contributed by atoms with Gasteiger partial charge in [0.1, 0.15) is 5.69 Å². The van der Waals surface area contributed by atoms with E-state index < -0.39 is 0 Å². The lowest BCUT2D eigenvalue weighted by molar-refractivity contribution is 0.0975. The molecule has 1 amide bonds. The van der Waals surface area contributed by atoms with E-state index in [1.165, 1.54) is 11.3 Å². The van der Waals surface area contributed by atoms with Crippen LogP contribution in [0.4, 0.5) is 5.13 Å². The van der Waals surface area contributed by atoms with Gasteiger partial charge in [-0.3, -0.25) is 19.4 Å². The highest BCUT2D eigenvalue weighted by molar-refractivity contribution is 7.22. The van der Waals surface area contributed by atoms with Gasteiger partial charge in [-0.15, -0.1) is 0 Å². The van der Waals surface area contributed by atoms with Crippen LogP contribution in [0.25, 0.3) is 10.2 Å². The predicted molar refractivity (Wildman–Crippen MR) is 107 cm³/mol. The molecule has 0 bridgehead atoms. The van der Waals surface area contributed by atoms with Crippen LogP contribution in [0.15, 0.2) is 48.9 Å². The molecular weight excluding hydrogens is 382 g/mol. The van der Waals surface area contributed by atoms with Crippen molar-refractivity contribution in [3.8, 4) is 0 Å². The van der Waals surface area contributed by atoms with Crippen molar-refractivity contribution in [3.05, 3.63) is 70.8 Å². The van der Waals surface area contributed by atoms with Crippen molar-refractivity contribution < 1.29 is 4.79 Å². The van der Waals surface area contributed by atoms with Crippen LogP contribution in [-0.2, 0) is 13.6 Å². The molecule has 0 radical (unpaired) electrons. The van der Waals surface area contributed by atoms with Crippen molar-refractivity contribution >= 4 is 44.2 Å². The Hall–Kier alpha value is -2.77. The molecule has 0 aliphatic rings. The maximum atomic E-state index is 13.4. The number of anilines is 1. The number of pyridine rings is 1. The van der Waals surface area contributed by atoms with E-state index >= 15 is 0 Å². The Morgan fingerprint density at radius 3 is 2.85 bits per heavy atom. The van der Waals surface area contributed by atoms with E-state index in [0.717, 1.165) is 21.3 Å². The van der Waals surface area contributed by atoms with E-state index in [9.17, 15) is 4.79 Å². The summed E-state index contributed by atoms with van der Waals surface area (Å²) < 4.78 is 2.53. The molecule has 0 saturated heterocycles. The molecule has 1 aromatic carbocycles. The number of fused-ring (bicyclic) bond motifs is 1. The zero-order valence-corrected chi connectivity index (χ0v) is 16.3. The largest absolute Gasteiger partial charge is 0.278 e. The van der Waals surface area contributed by atoms with Gasteiger partial charge in [-0.05, 0) is 42.3 Å². The van der Waals surface area contributed by atoms with Crippen LogP contribution in [0.5, 0.6) is 0 Å². The lowest BCUT2D eigenvalue weighted by Gasteiger charge is -2.20. The first-order chi connectivity index (χ1) is 13.0. The maximum Gasteiger partial charge on any atom is 0.278 e. The summed E-state index contributed by atoms with van der Waals surface area (Å²) in [5.41, 5.74) is 3.09. The zero-order valence-electron chi connectivity index (χ0n) is 14.8. The number of aromatic nitrogens is 4. The SMILES string of the molecule is Cc1cnn(C)c1C(=O)N(Cc1cccnc1)c1nc2ccc(Cl)cc2s1. The number of carbonyl (C=O) groups excluding carboxylic acids is 1. The number of hydrogen-bond acceptors (Lipinski definition) is 5. The summed E-state index contributed by atoms with van der Waals surface area (Å²) in [6, 6.07) is 9.31. The van der Waals surface area contributed by atoms with Crippen molar-refractivity contribution in [1.82, 2.24) is 19.7 Å². The first kappa shape index (κ1) is 17.6. The minimum absolute atomic E-state index is 0.151. The quantitative estimate of drug-likeness (QED) is 0.516. The number of rotatable bonds is 4. The molecule has 0 N–H and O–H groups in total. The van der Waals surface area contributed by atoms with Crippen LogP contribution < -0.4 is 4.90 Å². The second kappa shape index (κ2) is 7.09. The van der Waals surface area contributed by atoms with Gasteiger partial charge in [0.2, 0.25) is 0 Å². The Bertz CT molecular complexity index is 1100. The van der Waals surface area contributed by atoms with E-state index in [-0.39, 0.29) is 5.91 Å². The number of benzene rings is 1. The Morgan fingerprint density at radius 1 is 1.30 bits per heavy atom. The molecule has 8 heteroatoms. The third-order valence-corrected chi connectivity index (χ3v) is 5.48. The number of aryl methyl sites for hydroxylation is 2. The van der Waals surface area contributed by atoms with Crippen LogP contribution in [0, 0.1) is 6.92 Å². The highest BCUT2D eigenvalue weighted by Gasteiger charge is 2.25. The topological polar surface area (TPSA) is 63.9 Å². The van der Waals surface area contributed by atoms with Crippen LogP contribution in [0.2, 0.25) is 5.02 Å². The van der Waals surface area contributed by atoms with Gasteiger partial charge in [-0.1, -0.05) is 29.0 Å². The van der Waals surface area contributed by atoms with Gasteiger partial charge in [0.05, 0.1) is 23.0 Å². The molecule has 0 aliphatic carbocycles. The Balaban J connectivity index is 1.80. The van der Waals surface area contributed by atoms with Crippen LogP contribution in [0.1, 0.15) is 21.6 Å². The molecule has 3 heterocycles. The summed E-state index contributed by atoms with van der Waals surface area (Å²) in [6.07, 6.45) is 5.15. The minimum Gasteiger partial charge on any atom is -0.278 e. The monoisotopic (exact) mass is 397 g/mol. The molecular formula is C19H16ClN5OS. The van der Waals surface area contributed by atoms with E-state index in [1.807, 2.05) is 31.2 Å². The maximum absolute atomic E-state index is 13.4. The van der Waals surface area contributed by atoms with Gasteiger partial charge in [0.25, 0.3) is 5.91 Å². The Morgan fingerprint density at radius 2 is 2.15 bits per heavy atom. The van der Waals surface area contributed by atoms with Gasteiger partial charge in [-0.25, -0.2) is 4.98 Å². The first-order valence-electron chi connectivity index (χ1n) is 8.28. The molecule has 6 nitrogen and oxygen atoms in total. The molecule has 0 aliphatic heterocycles. The third-order valence-electron chi connectivity index (χ3n) is 4.20. The predicted octanol–water partition coefficient (Wildman–Crippen LogP) is 4.23. The van der Waals surface area contributed by atoms with E-state index in [2.05, 4.69) is 15.1 Å². The second-order valence-electron chi connectivity index (χ2n) is 6.16. The molecule has 0 spiro atoms. The van der Waals surface area contributed by atoms with E-state index in [4.69, 9.17) is 11.6 Å². The third kappa shape index (κ3) is 3.43. The molecule has 3 aromatic heterocycles. The smallest absolute Gasteiger partial charge is 0.278 e. The average Bonchev–Trinajstić information content (AvgIpc) is 3.22. The summed E-state index contributed by atoms with van der Waals surface area (Å²) in [5, 5.41) is 5.45. The number of thiazole rings is 1. The number of hydrogen-bond donors (Lipinski definition) is 0. The molecule has 4 rings (SSSR count). The summed E-state index contributed by atoms with van der Waals surface area (Å²) >= 11 is 7.54. The average molecular weight is 398 g/mol. The van der Waals surface area contributed by atoms with Gasteiger partial charge >= 0.3 is 0 Å². The van der Waals surface area contributed by atoms with Gasteiger partial charge in [-0.2, -0.15) is 5.10 Å². The summed E-state index contributed by atoms with van der Waals surface area (Å²) in [5.74, 6) is -0.151. The highest BCUT2D eigenvalue weighted by Crippen LogP contribution is 2.32. The van der Waals surface area contributed by atoms with E-state index in [1.54, 1.807) is 41.3 Å². The normalized spacial score (nSPS) is 11.1. The Labute approximate surface area is 165 Å². The molecule has 0 fully saturated rings. The molecule has 0 atom stereocenters. The molecule has 4 aromatic rings. The highest BCUT2D eigenvalue weighted by atomic mass is 35.5. The molecule has 0 unspecified atom stereocenters. The molecule has 27 heavy (non-hydrogen) atoms. The van der Waals surface area contributed by atoms with Crippen molar-refractivity contribution in [2.75, 3.05) is 4.90 Å². The van der Waals surface area contributed by atoms with Gasteiger partial charge < -0.3 is 0 Å². The molecule has 0 saturated carbocycles. The standard InChI is InChI=1S/C19H16ClN5OS/c1-12-9-22-24(2)17(12)18(26)25(11-13-4-3-7-21-10-13)19-23-15-6-5-14(20)8-16(15)27-19/h3-10H,11H2,1-2H3. The van der Waals surface area contributed by atoms with Crippen LogP contribution in [0.3, 0.4) is 0 Å². The number of nitrogens with zero attached hydrogens (tertiary/aromatic N) is 5. The van der Waals surface area contributed by atoms with Crippen molar-refractivity contribution in [2.24, 2.45) is 7.05 Å².